The molecule has 0 amide bonds. The first-order valence-electron chi connectivity index (χ1n) is 9.83. The zero-order chi connectivity index (χ0) is 23.4. The van der Waals surface area contributed by atoms with Crippen LogP contribution < -0.4 is 5.32 Å². The van der Waals surface area contributed by atoms with Gasteiger partial charge in [0.05, 0.1) is 33.3 Å². The van der Waals surface area contributed by atoms with Gasteiger partial charge in [-0.3, -0.25) is 19.7 Å². The zero-order valence-corrected chi connectivity index (χ0v) is 18.7. The van der Waals surface area contributed by atoms with Gasteiger partial charge in [0.2, 0.25) is 0 Å². The van der Waals surface area contributed by atoms with Crippen LogP contribution in [-0.4, -0.2) is 22.2 Å². The SMILES string of the molecule is CC(=O)C1=C(C)NC(SCC(=O)c2cccc([N+](=O)[O-])c2)=C(C#N)[C@H]1c1cccc(C)c1. The highest BCUT2D eigenvalue weighted by molar-refractivity contribution is 8.03. The van der Waals surface area contributed by atoms with E-state index in [1.54, 1.807) is 6.92 Å². The molecule has 0 saturated heterocycles. The molecular formula is C24H21N3O4S. The molecule has 0 radical (unpaired) electrons. The van der Waals surface area contributed by atoms with Gasteiger partial charge in [0.1, 0.15) is 0 Å². The molecule has 0 spiro atoms. The number of ketones is 2. The van der Waals surface area contributed by atoms with Crippen molar-refractivity contribution >= 4 is 29.0 Å². The molecule has 162 valence electrons. The average molecular weight is 448 g/mol. The van der Waals surface area contributed by atoms with Crippen LogP contribution in [0, 0.1) is 28.4 Å². The molecule has 8 heteroatoms. The summed E-state index contributed by atoms with van der Waals surface area (Å²) in [5.74, 6) is -0.978. The van der Waals surface area contributed by atoms with Gasteiger partial charge in [-0.15, -0.1) is 0 Å². The van der Waals surface area contributed by atoms with Crippen LogP contribution in [0.1, 0.15) is 41.3 Å². The molecule has 7 nitrogen and oxygen atoms in total. The molecule has 2 aromatic carbocycles. The number of allylic oxidation sites excluding steroid dienone is 3. The van der Waals surface area contributed by atoms with E-state index in [-0.39, 0.29) is 28.6 Å². The van der Waals surface area contributed by atoms with Gasteiger partial charge in [-0.2, -0.15) is 5.26 Å². The topological polar surface area (TPSA) is 113 Å². The molecule has 32 heavy (non-hydrogen) atoms. The highest BCUT2D eigenvalue weighted by Crippen LogP contribution is 2.41. The molecule has 0 bridgehead atoms. The van der Waals surface area contributed by atoms with Crippen molar-refractivity contribution in [1.29, 1.82) is 5.26 Å². The Kier molecular flexibility index (Phi) is 6.91. The Labute approximate surface area is 190 Å². The van der Waals surface area contributed by atoms with E-state index in [1.807, 2.05) is 31.2 Å². The fourth-order valence-electron chi connectivity index (χ4n) is 3.69. The number of benzene rings is 2. The van der Waals surface area contributed by atoms with Crippen LogP contribution in [0.5, 0.6) is 0 Å². The maximum atomic E-state index is 12.7. The first kappa shape index (κ1) is 23.0. The summed E-state index contributed by atoms with van der Waals surface area (Å²) in [6, 6.07) is 15.4. The van der Waals surface area contributed by atoms with E-state index in [2.05, 4.69) is 11.4 Å². The number of dihydropyridines is 1. The van der Waals surface area contributed by atoms with Crippen molar-refractivity contribution in [3.05, 3.63) is 97.2 Å². The maximum absolute atomic E-state index is 12.7. The van der Waals surface area contributed by atoms with E-state index in [0.29, 0.717) is 21.9 Å². The van der Waals surface area contributed by atoms with E-state index < -0.39 is 10.8 Å². The lowest BCUT2D eigenvalue weighted by molar-refractivity contribution is -0.384. The van der Waals surface area contributed by atoms with E-state index >= 15 is 0 Å². The number of aryl methyl sites for hydroxylation is 1. The van der Waals surface area contributed by atoms with Gasteiger partial charge >= 0.3 is 0 Å². The number of nitriles is 1. The molecule has 1 aliphatic rings. The maximum Gasteiger partial charge on any atom is 0.270 e. The summed E-state index contributed by atoms with van der Waals surface area (Å²) >= 11 is 1.15. The van der Waals surface area contributed by atoms with Crippen molar-refractivity contribution in [3.63, 3.8) is 0 Å². The molecule has 0 aromatic heterocycles. The zero-order valence-electron chi connectivity index (χ0n) is 17.8. The second-order valence-corrected chi connectivity index (χ2v) is 8.43. The number of carbonyl (C=O) groups is 2. The smallest absolute Gasteiger partial charge is 0.270 e. The Balaban J connectivity index is 1.95. The third-order valence-corrected chi connectivity index (χ3v) is 6.15. The minimum absolute atomic E-state index is 0.0160. The molecule has 0 fully saturated rings. The minimum Gasteiger partial charge on any atom is -0.353 e. The fourth-order valence-corrected chi connectivity index (χ4v) is 4.68. The monoisotopic (exact) mass is 447 g/mol. The Morgan fingerprint density at radius 2 is 1.91 bits per heavy atom. The lowest BCUT2D eigenvalue weighted by Crippen LogP contribution is -2.27. The van der Waals surface area contributed by atoms with Gasteiger partial charge < -0.3 is 5.32 Å². The number of nitrogens with one attached hydrogen (secondary N) is 1. The van der Waals surface area contributed by atoms with E-state index in [1.165, 1.54) is 31.2 Å². The fraction of sp³-hybridized carbons (Fsp3) is 0.208. The molecule has 0 unspecified atom stereocenters. The molecule has 0 saturated carbocycles. The highest BCUT2D eigenvalue weighted by Gasteiger charge is 2.33. The van der Waals surface area contributed by atoms with Crippen molar-refractivity contribution < 1.29 is 14.5 Å². The van der Waals surface area contributed by atoms with Crippen molar-refractivity contribution in [2.75, 3.05) is 5.75 Å². The summed E-state index contributed by atoms with van der Waals surface area (Å²) in [5.41, 5.74) is 3.43. The predicted molar refractivity (Wildman–Crippen MR) is 123 cm³/mol. The first-order chi connectivity index (χ1) is 15.2. The van der Waals surface area contributed by atoms with Gasteiger partial charge in [0.25, 0.3) is 5.69 Å². The normalized spacial score (nSPS) is 15.8. The summed E-state index contributed by atoms with van der Waals surface area (Å²) in [6.07, 6.45) is 0. The number of non-ortho nitro benzene ring substituents is 1. The summed E-state index contributed by atoms with van der Waals surface area (Å²) < 4.78 is 0. The van der Waals surface area contributed by atoms with Crippen molar-refractivity contribution in [2.45, 2.75) is 26.7 Å². The van der Waals surface area contributed by atoms with Crippen molar-refractivity contribution in [2.24, 2.45) is 0 Å². The first-order valence-corrected chi connectivity index (χ1v) is 10.8. The molecular weight excluding hydrogens is 426 g/mol. The van der Waals surface area contributed by atoms with Gasteiger partial charge in [-0.1, -0.05) is 53.7 Å². The Morgan fingerprint density at radius 1 is 1.19 bits per heavy atom. The van der Waals surface area contributed by atoms with Gasteiger partial charge in [0, 0.05) is 29.0 Å². The second-order valence-electron chi connectivity index (χ2n) is 7.44. The lowest BCUT2D eigenvalue weighted by atomic mass is 9.80. The number of thioether (sulfide) groups is 1. The summed E-state index contributed by atoms with van der Waals surface area (Å²) in [4.78, 5) is 35.5. The van der Waals surface area contributed by atoms with Gasteiger partial charge in [0.15, 0.2) is 11.6 Å². The number of Topliss-reactive ketones (excluding diaryl/α,β-unsaturated/α-hetero) is 2. The van der Waals surface area contributed by atoms with Crippen LogP contribution in [-0.2, 0) is 4.79 Å². The predicted octanol–water partition coefficient (Wildman–Crippen LogP) is 4.80. The molecule has 1 aliphatic heterocycles. The number of nitrogens with zero attached hydrogens (tertiary/aromatic N) is 2. The van der Waals surface area contributed by atoms with Gasteiger partial charge in [-0.25, -0.2) is 0 Å². The van der Waals surface area contributed by atoms with Crippen LogP contribution >= 0.6 is 11.8 Å². The molecule has 2 aromatic rings. The number of rotatable bonds is 7. The minimum atomic E-state index is -0.549. The largest absolute Gasteiger partial charge is 0.353 e. The lowest BCUT2D eigenvalue weighted by Gasteiger charge is -2.29. The standard InChI is InChI=1S/C24H21N3O4S/c1-14-6-4-8-18(10-14)23-20(12-25)24(26-15(2)22(23)16(3)28)32-13-21(29)17-7-5-9-19(11-17)27(30)31/h4-11,23,26H,13H2,1-3H3/t23-/m1/s1. The van der Waals surface area contributed by atoms with Crippen LogP contribution in [0.15, 0.2) is 70.4 Å². The van der Waals surface area contributed by atoms with E-state index in [4.69, 9.17) is 0 Å². The number of hydrogen-bond donors (Lipinski definition) is 1. The van der Waals surface area contributed by atoms with Crippen molar-refractivity contribution in [3.8, 4) is 6.07 Å². The summed E-state index contributed by atoms with van der Waals surface area (Å²) in [6.45, 7) is 5.19. The van der Waals surface area contributed by atoms with Gasteiger partial charge in [-0.05, 0) is 26.3 Å². The third-order valence-electron chi connectivity index (χ3n) is 5.13. The Hall–Kier alpha value is -3.70. The third kappa shape index (κ3) is 4.79. The van der Waals surface area contributed by atoms with Crippen LogP contribution in [0.2, 0.25) is 0 Å². The molecule has 1 heterocycles. The van der Waals surface area contributed by atoms with Crippen molar-refractivity contribution in [1.82, 2.24) is 5.32 Å². The van der Waals surface area contributed by atoms with E-state index in [0.717, 1.165) is 22.9 Å². The molecule has 0 aliphatic carbocycles. The molecule has 1 N–H and O–H groups in total. The molecule has 1 atom stereocenters. The quantitative estimate of drug-likeness (QED) is 0.368. The number of nitro groups is 1. The van der Waals surface area contributed by atoms with E-state index in [9.17, 15) is 25.0 Å². The van der Waals surface area contributed by atoms with Crippen LogP contribution in [0.4, 0.5) is 5.69 Å². The second kappa shape index (κ2) is 9.62. The van der Waals surface area contributed by atoms with Crippen LogP contribution in [0.25, 0.3) is 0 Å². The average Bonchev–Trinajstić information content (AvgIpc) is 2.76. The summed E-state index contributed by atoms with van der Waals surface area (Å²) in [5, 5.41) is 24.6. The summed E-state index contributed by atoms with van der Waals surface area (Å²) in [7, 11) is 0. The number of carbonyl (C=O) groups excluding carboxylic acids is 2. The highest BCUT2D eigenvalue weighted by atomic mass is 32.2. The Morgan fingerprint density at radius 3 is 2.53 bits per heavy atom. The van der Waals surface area contributed by atoms with Crippen LogP contribution in [0.3, 0.4) is 0 Å². The Bertz CT molecular complexity index is 1220. The molecule has 3 rings (SSSR count). The number of hydrogen-bond acceptors (Lipinski definition) is 7. The number of nitro benzene ring substituents is 1.